The standard InChI is InChI=1S/C27H34N4O4/c1-27(2,31-17-23(33)21-8-10-25(28)30-16-21)15-19-5-4-6-20(13-19)26(34)29-12-11-18-7-9-24(35-3)22(32)14-18/h4-10,13-14,16,23,31-33H,11-12,15,17H2,1-3H3,(H2,28,30)(H,29,34)/t23-/m1/s1. The molecule has 0 unspecified atom stereocenters. The smallest absolute Gasteiger partial charge is 0.251 e. The third-order valence-corrected chi connectivity index (χ3v) is 5.75. The number of pyridine rings is 1. The quantitative estimate of drug-likeness (QED) is 0.286. The van der Waals surface area contributed by atoms with Crippen LogP contribution in [0.5, 0.6) is 11.5 Å². The molecule has 186 valence electrons. The predicted molar refractivity (Wildman–Crippen MR) is 137 cm³/mol. The van der Waals surface area contributed by atoms with Crippen LogP contribution in [-0.4, -0.2) is 46.8 Å². The van der Waals surface area contributed by atoms with Crippen molar-refractivity contribution in [1.29, 1.82) is 0 Å². The number of anilines is 1. The Morgan fingerprint density at radius 3 is 2.63 bits per heavy atom. The maximum absolute atomic E-state index is 12.7. The molecule has 35 heavy (non-hydrogen) atoms. The number of aromatic hydroxyl groups is 1. The number of amides is 1. The molecule has 0 fully saturated rings. The summed E-state index contributed by atoms with van der Waals surface area (Å²) < 4.78 is 5.05. The van der Waals surface area contributed by atoms with Gasteiger partial charge < -0.3 is 31.3 Å². The lowest BCUT2D eigenvalue weighted by Gasteiger charge is -2.28. The van der Waals surface area contributed by atoms with Gasteiger partial charge in [0.05, 0.1) is 13.2 Å². The summed E-state index contributed by atoms with van der Waals surface area (Å²) in [5, 5.41) is 26.7. The number of benzene rings is 2. The Kier molecular flexibility index (Phi) is 8.68. The van der Waals surface area contributed by atoms with E-state index in [2.05, 4.69) is 29.5 Å². The number of nitrogen functional groups attached to an aromatic ring is 1. The first-order valence-electron chi connectivity index (χ1n) is 11.5. The summed E-state index contributed by atoms with van der Waals surface area (Å²) >= 11 is 0. The molecule has 6 N–H and O–H groups in total. The van der Waals surface area contributed by atoms with Crippen molar-refractivity contribution >= 4 is 11.7 Å². The minimum atomic E-state index is -0.702. The fourth-order valence-corrected chi connectivity index (χ4v) is 3.81. The van der Waals surface area contributed by atoms with Crippen molar-refractivity contribution in [3.8, 4) is 11.5 Å². The van der Waals surface area contributed by atoms with Gasteiger partial charge in [0, 0.05) is 36.0 Å². The van der Waals surface area contributed by atoms with Gasteiger partial charge in [0.15, 0.2) is 11.5 Å². The van der Waals surface area contributed by atoms with Gasteiger partial charge in [0.25, 0.3) is 5.91 Å². The van der Waals surface area contributed by atoms with E-state index in [0.29, 0.717) is 48.6 Å². The van der Waals surface area contributed by atoms with Crippen LogP contribution in [0.25, 0.3) is 0 Å². The Balaban J connectivity index is 1.51. The Labute approximate surface area is 206 Å². The maximum atomic E-state index is 12.7. The number of phenols is 1. The van der Waals surface area contributed by atoms with Crippen molar-refractivity contribution < 1.29 is 19.7 Å². The molecule has 2 aromatic carbocycles. The van der Waals surface area contributed by atoms with Crippen molar-refractivity contribution in [2.45, 2.75) is 38.3 Å². The number of rotatable bonds is 11. The average Bonchev–Trinajstić information content (AvgIpc) is 2.83. The molecule has 8 heteroatoms. The molecule has 1 heterocycles. The summed E-state index contributed by atoms with van der Waals surface area (Å²) in [6.07, 6.45) is 2.14. The number of hydrogen-bond donors (Lipinski definition) is 5. The number of aliphatic hydroxyl groups excluding tert-OH is 1. The zero-order valence-electron chi connectivity index (χ0n) is 20.4. The number of methoxy groups -OCH3 is 1. The summed E-state index contributed by atoms with van der Waals surface area (Å²) in [6, 6.07) is 16.2. The van der Waals surface area contributed by atoms with Gasteiger partial charge in [-0.2, -0.15) is 0 Å². The Morgan fingerprint density at radius 2 is 1.94 bits per heavy atom. The molecule has 0 bridgehead atoms. The molecule has 1 atom stereocenters. The maximum Gasteiger partial charge on any atom is 0.251 e. The highest BCUT2D eigenvalue weighted by Gasteiger charge is 2.20. The summed E-state index contributed by atoms with van der Waals surface area (Å²) in [5.41, 5.74) is 8.50. The summed E-state index contributed by atoms with van der Waals surface area (Å²) in [7, 11) is 1.50. The lowest BCUT2D eigenvalue weighted by atomic mass is 9.93. The molecular formula is C27H34N4O4. The molecule has 0 aliphatic carbocycles. The number of nitrogens with two attached hydrogens (primary N) is 1. The molecular weight excluding hydrogens is 444 g/mol. The Bertz CT molecular complexity index is 1130. The molecule has 0 saturated carbocycles. The second-order valence-electron chi connectivity index (χ2n) is 9.19. The number of ether oxygens (including phenoxy) is 1. The minimum Gasteiger partial charge on any atom is -0.504 e. The topological polar surface area (TPSA) is 130 Å². The number of hydrogen-bond acceptors (Lipinski definition) is 7. The van der Waals surface area contributed by atoms with Crippen molar-refractivity contribution in [1.82, 2.24) is 15.6 Å². The fourth-order valence-electron chi connectivity index (χ4n) is 3.81. The largest absolute Gasteiger partial charge is 0.504 e. The highest BCUT2D eigenvalue weighted by molar-refractivity contribution is 5.94. The number of carbonyl (C=O) groups is 1. The second kappa shape index (κ2) is 11.7. The van der Waals surface area contributed by atoms with E-state index in [9.17, 15) is 15.0 Å². The van der Waals surface area contributed by atoms with Crippen molar-refractivity contribution in [3.63, 3.8) is 0 Å². The van der Waals surface area contributed by atoms with E-state index in [0.717, 1.165) is 11.1 Å². The van der Waals surface area contributed by atoms with E-state index in [1.165, 1.54) is 7.11 Å². The zero-order valence-corrected chi connectivity index (χ0v) is 20.4. The first-order valence-corrected chi connectivity index (χ1v) is 11.5. The number of nitrogens with one attached hydrogen (secondary N) is 2. The molecule has 0 saturated heterocycles. The monoisotopic (exact) mass is 478 g/mol. The van der Waals surface area contributed by atoms with Crippen molar-refractivity contribution in [3.05, 3.63) is 83.0 Å². The van der Waals surface area contributed by atoms with Crippen LogP contribution in [0.2, 0.25) is 0 Å². The van der Waals surface area contributed by atoms with Crippen LogP contribution in [0.1, 0.15) is 47.0 Å². The van der Waals surface area contributed by atoms with Gasteiger partial charge in [-0.25, -0.2) is 4.98 Å². The lowest BCUT2D eigenvalue weighted by Crippen LogP contribution is -2.43. The summed E-state index contributed by atoms with van der Waals surface area (Å²) in [4.78, 5) is 16.7. The van der Waals surface area contributed by atoms with Crippen LogP contribution in [0.3, 0.4) is 0 Å². The number of phenolic OH excluding ortho intramolecular Hbond substituents is 1. The highest BCUT2D eigenvalue weighted by atomic mass is 16.5. The van der Waals surface area contributed by atoms with Gasteiger partial charge >= 0.3 is 0 Å². The van der Waals surface area contributed by atoms with Crippen LogP contribution >= 0.6 is 0 Å². The van der Waals surface area contributed by atoms with E-state index < -0.39 is 6.10 Å². The number of aliphatic hydroxyl groups is 1. The molecule has 0 spiro atoms. The molecule has 0 aliphatic heterocycles. The normalized spacial score (nSPS) is 12.2. The number of nitrogens with zero attached hydrogens (tertiary/aromatic N) is 1. The Morgan fingerprint density at radius 1 is 1.14 bits per heavy atom. The van der Waals surface area contributed by atoms with Gasteiger partial charge in [0.1, 0.15) is 5.82 Å². The summed E-state index contributed by atoms with van der Waals surface area (Å²) in [6.45, 7) is 4.91. The molecule has 1 amide bonds. The van der Waals surface area contributed by atoms with Gasteiger partial charge in [-0.05, 0) is 68.1 Å². The molecule has 3 aromatic rings. The first kappa shape index (κ1) is 26.0. The molecule has 8 nitrogen and oxygen atoms in total. The Hall–Kier alpha value is -3.62. The molecule has 1 aromatic heterocycles. The third kappa shape index (κ3) is 7.70. The number of aromatic nitrogens is 1. The van der Waals surface area contributed by atoms with Gasteiger partial charge in [0.2, 0.25) is 0 Å². The second-order valence-corrected chi connectivity index (χ2v) is 9.19. The van der Waals surface area contributed by atoms with E-state index in [1.807, 2.05) is 24.3 Å². The third-order valence-electron chi connectivity index (χ3n) is 5.75. The summed E-state index contributed by atoms with van der Waals surface area (Å²) in [5.74, 6) is 0.765. The molecule has 3 rings (SSSR count). The van der Waals surface area contributed by atoms with Crippen molar-refractivity contribution in [2.24, 2.45) is 0 Å². The molecule has 0 aliphatic rings. The first-order chi connectivity index (χ1) is 16.7. The lowest BCUT2D eigenvalue weighted by molar-refractivity contribution is 0.0954. The fraction of sp³-hybridized carbons (Fsp3) is 0.333. The zero-order chi connectivity index (χ0) is 25.4. The van der Waals surface area contributed by atoms with Crippen LogP contribution in [0.15, 0.2) is 60.8 Å². The van der Waals surface area contributed by atoms with Crippen LogP contribution in [0.4, 0.5) is 5.82 Å². The molecule has 0 radical (unpaired) electrons. The average molecular weight is 479 g/mol. The van der Waals surface area contributed by atoms with E-state index in [1.54, 1.807) is 36.5 Å². The van der Waals surface area contributed by atoms with Crippen LogP contribution < -0.4 is 21.1 Å². The number of β-amino-alcohol motifs (C(OH)–C–C–N with tert-alkyl or cyclic N) is 1. The van der Waals surface area contributed by atoms with E-state index in [-0.39, 0.29) is 17.2 Å². The minimum absolute atomic E-state index is 0.0814. The highest BCUT2D eigenvalue weighted by Crippen LogP contribution is 2.26. The van der Waals surface area contributed by atoms with Gasteiger partial charge in [-0.15, -0.1) is 0 Å². The van der Waals surface area contributed by atoms with Crippen molar-refractivity contribution in [2.75, 3.05) is 25.9 Å². The van der Waals surface area contributed by atoms with Crippen LogP contribution in [-0.2, 0) is 12.8 Å². The number of carbonyl (C=O) groups excluding carboxylic acids is 1. The van der Waals surface area contributed by atoms with Crippen LogP contribution in [0, 0.1) is 0 Å². The SMILES string of the molecule is COc1ccc(CCNC(=O)c2cccc(CC(C)(C)NC[C@@H](O)c3ccc(N)nc3)c2)cc1O. The van der Waals surface area contributed by atoms with Gasteiger partial charge in [-0.1, -0.05) is 24.3 Å². The van der Waals surface area contributed by atoms with E-state index >= 15 is 0 Å². The van der Waals surface area contributed by atoms with Gasteiger partial charge in [-0.3, -0.25) is 4.79 Å². The van der Waals surface area contributed by atoms with E-state index in [4.69, 9.17) is 10.5 Å². The predicted octanol–water partition coefficient (Wildman–Crippen LogP) is 2.99.